The Bertz CT molecular complexity index is 971. The molecule has 0 fully saturated rings. The molecule has 0 heterocycles. The van der Waals surface area contributed by atoms with E-state index in [1.54, 1.807) is 0 Å². The van der Waals surface area contributed by atoms with Gasteiger partial charge in [-0.3, -0.25) is 0 Å². The first kappa shape index (κ1) is 15.6. The van der Waals surface area contributed by atoms with Gasteiger partial charge in [-0.25, -0.2) is 0 Å². The summed E-state index contributed by atoms with van der Waals surface area (Å²) in [6.45, 7) is 0. The minimum absolute atomic E-state index is 0.0654. The summed E-state index contributed by atoms with van der Waals surface area (Å²) in [6, 6.07) is 22.5. The number of fused-ring (bicyclic) bond motifs is 6. The van der Waals surface area contributed by atoms with Crippen molar-refractivity contribution in [3.63, 3.8) is 0 Å². The number of rotatable bonds is 2. The standard InChI is InChI=1S/C18H10Br2I2/c19-21-11-8-9-13-15-6-3-7-17(22-20)18(15)14-5-2-1-4-12(14)16(13)10-11/h1-10H/q-2. The summed E-state index contributed by atoms with van der Waals surface area (Å²) in [5.41, 5.74) is 0. The molecular formula is C18H10Br2I2-2. The zero-order valence-corrected chi connectivity index (χ0v) is 18.8. The van der Waals surface area contributed by atoms with E-state index in [1.165, 1.54) is 39.5 Å². The van der Waals surface area contributed by atoms with E-state index < -0.39 is 0 Å². The Morgan fingerprint density at radius 2 is 1.27 bits per heavy atom. The third kappa shape index (κ3) is 2.50. The van der Waals surface area contributed by atoms with Crippen LogP contribution >= 0.6 is 25.4 Å². The number of benzene rings is 4. The summed E-state index contributed by atoms with van der Waals surface area (Å²) < 4.78 is 2.89. The van der Waals surface area contributed by atoms with Gasteiger partial charge in [-0.05, 0) is 0 Å². The Kier molecular flexibility index (Phi) is 4.63. The van der Waals surface area contributed by atoms with Crippen LogP contribution in [-0.2, 0) is 0 Å². The molecule has 0 saturated carbocycles. The van der Waals surface area contributed by atoms with E-state index in [2.05, 4.69) is 86.0 Å². The summed E-state index contributed by atoms with van der Waals surface area (Å²) in [7, 11) is 0. The predicted octanol–water partition coefficient (Wildman–Crippen LogP) is 0.283. The van der Waals surface area contributed by atoms with Crippen molar-refractivity contribution in [1.29, 1.82) is 0 Å². The van der Waals surface area contributed by atoms with Crippen molar-refractivity contribution in [1.82, 2.24) is 0 Å². The van der Waals surface area contributed by atoms with Gasteiger partial charge < -0.3 is 0 Å². The molecule has 4 aromatic carbocycles. The molecule has 0 aliphatic heterocycles. The molecule has 4 aromatic rings. The van der Waals surface area contributed by atoms with Crippen LogP contribution in [0.5, 0.6) is 0 Å². The third-order valence-electron chi connectivity index (χ3n) is 3.93. The van der Waals surface area contributed by atoms with Crippen LogP contribution in [0.2, 0.25) is 0 Å². The molecule has 0 saturated heterocycles. The molecule has 4 rings (SSSR count). The van der Waals surface area contributed by atoms with Gasteiger partial charge in [0.05, 0.1) is 0 Å². The number of hydrogen-bond acceptors (Lipinski definition) is 0. The van der Waals surface area contributed by atoms with Crippen molar-refractivity contribution in [2.24, 2.45) is 0 Å². The van der Waals surface area contributed by atoms with Crippen LogP contribution in [0.4, 0.5) is 0 Å². The normalized spacial score (nSPS) is 11.9. The second-order valence-electron chi connectivity index (χ2n) is 5.04. The molecule has 0 bridgehead atoms. The zero-order chi connectivity index (χ0) is 15.1. The molecule has 0 spiro atoms. The van der Waals surface area contributed by atoms with Gasteiger partial charge in [0.1, 0.15) is 0 Å². The maximum absolute atomic E-state index is 3.76. The van der Waals surface area contributed by atoms with Crippen molar-refractivity contribution < 1.29 is 38.0 Å². The van der Waals surface area contributed by atoms with Crippen LogP contribution in [0.3, 0.4) is 0 Å². The Balaban J connectivity index is 2.34. The molecule has 22 heavy (non-hydrogen) atoms. The van der Waals surface area contributed by atoms with Crippen molar-refractivity contribution in [2.45, 2.75) is 0 Å². The van der Waals surface area contributed by atoms with Crippen LogP contribution in [0.1, 0.15) is 0 Å². The van der Waals surface area contributed by atoms with Gasteiger partial charge in [0.2, 0.25) is 0 Å². The second-order valence-corrected chi connectivity index (χ2v) is 12.3. The first-order chi connectivity index (χ1) is 10.8. The molecule has 0 N–H and O–H groups in total. The molecule has 0 amide bonds. The Hall–Kier alpha value is 0.0800. The fourth-order valence-electron chi connectivity index (χ4n) is 3.04. The number of halogens is 4. The minimum atomic E-state index is -0.123. The van der Waals surface area contributed by atoms with Gasteiger partial charge in [0, 0.05) is 0 Å². The van der Waals surface area contributed by atoms with E-state index in [-0.39, 0.29) is 38.0 Å². The Morgan fingerprint density at radius 1 is 0.591 bits per heavy atom. The van der Waals surface area contributed by atoms with Crippen LogP contribution in [0, 0.1) is 7.14 Å². The average Bonchev–Trinajstić information content (AvgIpc) is 2.60. The molecule has 0 nitrogen and oxygen atoms in total. The molecule has 0 unspecified atom stereocenters. The van der Waals surface area contributed by atoms with E-state index in [0.29, 0.717) is 0 Å². The maximum atomic E-state index is 3.76. The van der Waals surface area contributed by atoms with E-state index in [4.69, 9.17) is 0 Å². The molecular weight excluding hydrogens is 630 g/mol. The van der Waals surface area contributed by atoms with Crippen LogP contribution in [0.15, 0.2) is 60.7 Å². The van der Waals surface area contributed by atoms with Gasteiger partial charge in [-0.1, -0.05) is 0 Å². The van der Waals surface area contributed by atoms with E-state index in [1.807, 2.05) is 0 Å². The van der Waals surface area contributed by atoms with Crippen LogP contribution in [0.25, 0.3) is 32.3 Å². The summed E-state index contributed by atoms with van der Waals surface area (Å²) in [4.78, 5) is 0. The first-order valence-electron chi connectivity index (χ1n) is 6.72. The summed E-state index contributed by atoms with van der Waals surface area (Å²) in [6.07, 6.45) is 0. The monoisotopic (exact) mass is 638 g/mol. The fraction of sp³-hybridized carbons (Fsp3) is 0. The van der Waals surface area contributed by atoms with Gasteiger partial charge in [0.15, 0.2) is 0 Å². The van der Waals surface area contributed by atoms with Gasteiger partial charge >= 0.3 is 163 Å². The van der Waals surface area contributed by atoms with Gasteiger partial charge in [-0.15, -0.1) is 0 Å². The molecule has 0 aliphatic rings. The van der Waals surface area contributed by atoms with Gasteiger partial charge in [-0.2, -0.15) is 0 Å². The summed E-state index contributed by atoms with van der Waals surface area (Å²) in [5, 5.41) is 8.30. The number of hydrogen-bond donors (Lipinski definition) is 0. The quantitative estimate of drug-likeness (QED) is 0.219. The van der Waals surface area contributed by atoms with E-state index in [9.17, 15) is 0 Å². The molecule has 4 heteroatoms. The topological polar surface area (TPSA) is 0 Å². The SMILES string of the molecule is Br[I-]c1ccc2c(c1)c1ccccc1c1c([I-]Br)cccc21. The van der Waals surface area contributed by atoms with Crippen molar-refractivity contribution >= 4 is 57.7 Å². The van der Waals surface area contributed by atoms with Crippen molar-refractivity contribution in [2.75, 3.05) is 0 Å². The molecule has 0 aromatic heterocycles. The van der Waals surface area contributed by atoms with E-state index >= 15 is 0 Å². The van der Waals surface area contributed by atoms with Crippen molar-refractivity contribution in [3.05, 3.63) is 67.8 Å². The third-order valence-corrected chi connectivity index (χ3v) is 10.9. The Labute approximate surface area is 161 Å². The second kappa shape index (κ2) is 6.53. The average molecular weight is 640 g/mol. The van der Waals surface area contributed by atoms with Crippen LogP contribution < -0.4 is 38.0 Å². The predicted molar refractivity (Wildman–Crippen MR) is 94.2 cm³/mol. The Morgan fingerprint density at radius 3 is 2.00 bits per heavy atom. The van der Waals surface area contributed by atoms with Crippen molar-refractivity contribution in [3.8, 4) is 0 Å². The first-order valence-corrected chi connectivity index (χ1v) is 18.6. The summed E-state index contributed by atoms with van der Waals surface area (Å²) >= 11 is 7.26. The summed E-state index contributed by atoms with van der Waals surface area (Å²) in [5.74, 6) is 0. The van der Waals surface area contributed by atoms with Crippen LogP contribution in [-0.4, -0.2) is 0 Å². The molecule has 112 valence electrons. The fourth-order valence-corrected chi connectivity index (χ4v) is 7.84. The molecule has 0 atom stereocenters. The molecule has 0 radical (unpaired) electrons. The molecule has 0 aliphatic carbocycles. The van der Waals surface area contributed by atoms with E-state index in [0.717, 1.165) is 0 Å². The van der Waals surface area contributed by atoms with Gasteiger partial charge in [0.25, 0.3) is 0 Å². The zero-order valence-electron chi connectivity index (χ0n) is 11.3.